The average Bonchev–Trinajstić information content (AvgIpc) is 2.80. The number of piperazine rings is 1. The molecule has 3 heterocycles. The van der Waals surface area contributed by atoms with Gasteiger partial charge in [0.05, 0.1) is 0 Å². The van der Waals surface area contributed by atoms with Crippen LogP contribution in [0.25, 0.3) is 5.65 Å². The van der Waals surface area contributed by atoms with E-state index in [1.807, 2.05) is 4.90 Å². The van der Waals surface area contributed by atoms with Crippen molar-refractivity contribution in [2.24, 2.45) is 0 Å². The summed E-state index contributed by atoms with van der Waals surface area (Å²) in [4.78, 5) is 9.83. The summed E-state index contributed by atoms with van der Waals surface area (Å²) in [6.07, 6.45) is -1.90. The van der Waals surface area contributed by atoms with Crippen molar-refractivity contribution in [2.45, 2.75) is 13.1 Å². The normalized spacial score (nSPS) is 16.9. The van der Waals surface area contributed by atoms with Crippen LogP contribution >= 0.6 is 0 Å². The first-order valence-corrected chi connectivity index (χ1v) is 6.34. The maximum atomic E-state index is 13.0. The van der Waals surface area contributed by atoms with Gasteiger partial charge < -0.3 is 10.2 Å². The standard InChI is InChI=1S/C12H14F3N5/c1-8-6-17-10-11(19-4-2-16-3-5-19)18-9(7-20(8)10)12(13,14)15/h6-7,16H,2-5H2,1H3. The van der Waals surface area contributed by atoms with Crippen LogP contribution in [0, 0.1) is 6.92 Å². The number of aryl methyl sites for hydroxylation is 1. The highest BCUT2D eigenvalue weighted by Gasteiger charge is 2.35. The Labute approximate surface area is 113 Å². The van der Waals surface area contributed by atoms with E-state index in [0.717, 1.165) is 19.3 Å². The van der Waals surface area contributed by atoms with E-state index in [-0.39, 0.29) is 0 Å². The van der Waals surface area contributed by atoms with Gasteiger partial charge in [0.1, 0.15) is 0 Å². The zero-order valence-corrected chi connectivity index (χ0v) is 10.9. The Balaban J connectivity index is 2.17. The van der Waals surface area contributed by atoms with Crippen molar-refractivity contribution in [3.8, 4) is 0 Å². The van der Waals surface area contributed by atoms with Crippen molar-refractivity contribution in [1.29, 1.82) is 0 Å². The number of alkyl halides is 3. The van der Waals surface area contributed by atoms with Gasteiger partial charge in [-0.15, -0.1) is 0 Å². The Hall–Kier alpha value is -1.83. The SMILES string of the molecule is Cc1cnc2c(N3CCNCC3)nc(C(F)(F)F)cn12. The van der Waals surface area contributed by atoms with Crippen molar-refractivity contribution in [1.82, 2.24) is 19.7 Å². The quantitative estimate of drug-likeness (QED) is 0.862. The van der Waals surface area contributed by atoms with Gasteiger partial charge in [0, 0.05) is 44.3 Å². The van der Waals surface area contributed by atoms with Crippen LogP contribution in [-0.2, 0) is 6.18 Å². The number of hydrogen-bond acceptors (Lipinski definition) is 4. The fraction of sp³-hybridized carbons (Fsp3) is 0.500. The molecule has 0 spiro atoms. The van der Waals surface area contributed by atoms with Gasteiger partial charge in [0.25, 0.3) is 0 Å². The first-order valence-electron chi connectivity index (χ1n) is 6.34. The second-order valence-corrected chi connectivity index (χ2v) is 4.78. The number of aromatic nitrogens is 3. The molecule has 1 fully saturated rings. The van der Waals surface area contributed by atoms with Crippen LogP contribution in [0.3, 0.4) is 0 Å². The van der Waals surface area contributed by atoms with Gasteiger partial charge in [0.15, 0.2) is 17.2 Å². The molecule has 0 radical (unpaired) electrons. The highest BCUT2D eigenvalue weighted by molar-refractivity contribution is 5.65. The lowest BCUT2D eigenvalue weighted by Crippen LogP contribution is -2.44. The fourth-order valence-electron chi connectivity index (χ4n) is 2.32. The maximum absolute atomic E-state index is 13.0. The molecule has 3 rings (SSSR count). The highest BCUT2D eigenvalue weighted by Crippen LogP contribution is 2.31. The van der Waals surface area contributed by atoms with Crippen LogP contribution in [0.15, 0.2) is 12.4 Å². The van der Waals surface area contributed by atoms with Gasteiger partial charge in [-0.1, -0.05) is 0 Å². The molecule has 0 bridgehead atoms. The average molecular weight is 285 g/mol. The summed E-state index contributed by atoms with van der Waals surface area (Å²) < 4.78 is 40.4. The van der Waals surface area contributed by atoms with Crippen molar-refractivity contribution in [3.05, 3.63) is 23.8 Å². The molecule has 2 aromatic rings. The Kier molecular flexibility index (Phi) is 3.04. The van der Waals surface area contributed by atoms with Gasteiger partial charge in [-0.05, 0) is 6.92 Å². The number of fused-ring (bicyclic) bond motifs is 1. The third-order valence-electron chi connectivity index (χ3n) is 3.37. The number of nitrogens with zero attached hydrogens (tertiary/aromatic N) is 4. The van der Waals surface area contributed by atoms with Crippen molar-refractivity contribution in [2.75, 3.05) is 31.1 Å². The first kappa shape index (κ1) is 13.2. The van der Waals surface area contributed by atoms with Crippen molar-refractivity contribution in [3.63, 3.8) is 0 Å². The van der Waals surface area contributed by atoms with E-state index in [2.05, 4.69) is 15.3 Å². The van der Waals surface area contributed by atoms with E-state index in [9.17, 15) is 13.2 Å². The van der Waals surface area contributed by atoms with Crippen molar-refractivity contribution >= 4 is 11.5 Å². The van der Waals surface area contributed by atoms with Crippen LogP contribution < -0.4 is 10.2 Å². The molecule has 8 heteroatoms. The van der Waals surface area contributed by atoms with Gasteiger partial charge in [-0.25, -0.2) is 9.97 Å². The summed E-state index contributed by atoms with van der Waals surface area (Å²) in [7, 11) is 0. The Morgan fingerprint density at radius 1 is 1.25 bits per heavy atom. The third kappa shape index (κ3) is 2.20. The van der Waals surface area contributed by atoms with Crippen LogP contribution in [0.1, 0.15) is 11.4 Å². The molecular formula is C12H14F3N5. The molecule has 2 aromatic heterocycles. The van der Waals surface area contributed by atoms with E-state index < -0.39 is 11.9 Å². The second kappa shape index (κ2) is 4.62. The van der Waals surface area contributed by atoms with E-state index in [4.69, 9.17) is 0 Å². The topological polar surface area (TPSA) is 45.5 Å². The second-order valence-electron chi connectivity index (χ2n) is 4.78. The number of anilines is 1. The minimum atomic E-state index is -4.46. The number of hydrogen-bond donors (Lipinski definition) is 1. The van der Waals surface area contributed by atoms with E-state index >= 15 is 0 Å². The van der Waals surface area contributed by atoms with Gasteiger partial charge in [-0.2, -0.15) is 13.2 Å². The molecule has 0 aliphatic carbocycles. The molecule has 1 aliphatic heterocycles. The molecule has 1 aliphatic rings. The number of rotatable bonds is 1. The molecule has 0 unspecified atom stereocenters. The van der Waals surface area contributed by atoms with Gasteiger partial charge >= 0.3 is 6.18 Å². The smallest absolute Gasteiger partial charge is 0.351 e. The number of halogens is 3. The molecule has 5 nitrogen and oxygen atoms in total. The number of nitrogens with one attached hydrogen (secondary N) is 1. The van der Waals surface area contributed by atoms with E-state index in [1.165, 1.54) is 4.40 Å². The largest absolute Gasteiger partial charge is 0.434 e. The molecule has 108 valence electrons. The summed E-state index contributed by atoms with van der Waals surface area (Å²) in [5, 5.41) is 3.16. The summed E-state index contributed by atoms with van der Waals surface area (Å²) >= 11 is 0. The molecule has 0 saturated carbocycles. The minimum absolute atomic E-state index is 0.300. The lowest BCUT2D eigenvalue weighted by atomic mass is 10.3. The lowest BCUT2D eigenvalue weighted by molar-refractivity contribution is -0.141. The number of imidazole rings is 1. The zero-order valence-electron chi connectivity index (χ0n) is 10.9. The molecule has 0 aromatic carbocycles. The van der Waals surface area contributed by atoms with Gasteiger partial charge in [-0.3, -0.25) is 4.40 Å². The Morgan fingerprint density at radius 3 is 2.60 bits per heavy atom. The van der Waals surface area contributed by atoms with Crippen LogP contribution in [0.4, 0.5) is 19.0 Å². The molecular weight excluding hydrogens is 271 g/mol. The molecule has 1 N–H and O–H groups in total. The van der Waals surface area contributed by atoms with E-state index in [0.29, 0.717) is 30.2 Å². The Morgan fingerprint density at radius 2 is 1.95 bits per heavy atom. The van der Waals surface area contributed by atoms with Crippen molar-refractivity contribution < 1.29 is 13.2 Å². The molecule has 1 saturated heterocycles. The first-order chi connectivity index (χ1) is 9.47. The van der Waals surface area contributed by atoms with Crippen LogP contribution in [0.2, 0.25) is 0 Å². The summed E-state index contributed by atoms with van der Waals surface area (Å²) in [6.45, 7) is 4.42. The minimum Gasteiger partial charge on any atom is -0.351 e. The Bertz CT molecular complexity index is 628. The van der Waals surface area contributed by atoms with Gasteiger partial charge in [0.2, 0.25) is 0 Å². The van der Waals surface area contributed by atoms with E-state index in [1.54, 1.807) is 13.1 Å². The lowest BCUT2D eigenvalue weighted by Gasteiger charge is -2.29. The maximum Gasteiger partial charge on any atom is 0.434 e. The third-order valence-corrected chi connectivity index (χ3v) is 3.37. The summed E-state index contributed by atoms with van der Waals surface area (Å²) in [5.41, 5.74) is 0.237. The molecule has 0 atom stereocenters. The molecule has 0 amide bonds. The van der Waals surface area contributed by atoms with Crippen LogP contribution in [0.5, 0.6) is 0 Å². The monoisotopic (exact) mass is 285 g/mol. The van der Waals surface area contributed by atoms with Crippen LogP contribution in [-0.4, -0.2) is 40.5 Å². The summed E-state index contributed by atoms with van der Waals surface area (Å²) in [6, 6.07) is 0. The predicted octanol–water partition coefficient (Wildman–Crippen LogP) is 1.47. The fourth-order valence-corrected chi connectivity index (χ4v) is 2.32. The predicted molar refractivity (Wildman–Crippen MR) is 67.8 cm³/mol. The summed E-state index contributed by atoms with van der Waals surface area (Å²) in [5.74, 6) is 0.300. The highest BCUT2D eigenvalue weighted by atomic mass is 19.4. The zero-order chi connectivity index (χ0) is 14.3. The molecule has 20 heavy (non-hydrogen) atoms.